The molecule has 2 rings (SSSR count). The topological polar surface area (TPSA) is 15.7 Å². The van der Waals surface area contributed by atoms with Crippen LogP contribution in [-0.2, 0) is 4.12 Å². The van der Waals surface area contributed by atoms with Gasteiger partial charge in [0.25, 0.3) is 0 Å². The van der Waals surface area contributed by atoms with Gasteiger partial charge in [-0.3, -0.25) is 0 Å². The molecule has 0 unspecified atom stereocenters. The summed E-state index contributed by atoms with van der Waals surface area (Å²) in [6.45, 7) is 17.1. The van der Waals surface area contributed by atoms with Crippen LogP contribution in [0.15, 0.2) is 0 Å². The van der Waals surface area contributed by atoms with Crippen molar-refractivity contribution in [2.45, 2.75) is 77.8 Å². The van der Waals surface area contributed by atoms with Gasteiger partial charge in [-0.05, 0) is 78.8 Å². The Kier molecular flexibility index (Phi) is 5.74. The average molecular weight is 329 g/mol. The molecule has 2 aliphatic heterocycles. The second-order valence-electron chi connectivity index (χ2n) is 8.54. The molecule has 2 heterocycles. The second-order valence-corrected chi connectivity index (χ2v) is 17.0. The summed E-state index contributed by atoms with van der Waals surface area (Å²) in [7, 11) is -3.16. The highest BCUT2D eigenvalue weighted by Crippen LogP contribution is 2.24. The number of hydrogen-bond donors (Lipinski definition) is 0. The summed E-state index contributed by atoms with van der Waals surface area (Å²) >= 11 is 0. The SMILES string of the molecule is C[C@@H]1CCCN1C[Si](C)(C)O[Si](C)(C)CN1CCC[C@H]1C. The fourth-order valence-electron chi connectivity index (χ4n) is 4.25. The van der Waals surface area contributed by atoms with E-state index in [4.69, 9.17) is 4.12 Å². The van der Waals surface area contributed by atoms with Gasteiger partial charge >= 0.3 is 0 Å². The van der Waals surface area contributed by atoms with Gasteiger partial charge in [0.05, 0.1) is 0 Å². The minimum absolute atomic E-state index is 0.767. The Morgan fingerprint density at radius 1 is 0.810 bits per heavy atom. The highest BCUT2D eigenvalue weighted by molar-refractivity contribution is 6.85. The van der Waals surface area contributed by atoms with Gasteiger partial charge in [-0.25, -0.2) is 0 Å². The molecule has 124 valence electrons. The van der Waals surface area contributed by atoms with Crippen LogP contribution < -0.4 is 0 Å². The van der Waals surface area contributed by atoms with Gasteiger partial charge in [0, 0.05) is 24.4 Å². The third-order valence-electron chi connectivity index (χ3n) is 5.10. The van der Waals surface area contributed by atoms with E-state index >= 15 is 0 Å². The van der Waals surface area contributed by atoms with Crippen molar-refractivity contribution >= 4 is 16.6 Å². The predicted octanol–water partition coefficient (Wildman–Crippen LogP) is 3.46. The molecule has 0 amide bonds. The van der Waals surface area contributed by atoms with Crippen LogP contribution in [0.2, 0.25) is 26.2 Å². The number of nitrogens with zero attached hydrogens (tertiary/aromatic N) is 2. The van der Waals surface area contributed by atoms with Crippen molar-refractivity contribution in [3.8, 4) is 0 Å². The molecule has 0 N–H and O–H groups in total. The molecule has 0 aromatic heterocycles. The van der Waals surface area contributed by atoms with E-state index in [0.29, 0.717) is 0 Å². The summed E-state index contributed by atoms with van der Waals surface area (Å²) in [4.78, 5) is 5.35. The Balaban J connectivity index is 1.87. The third-order valence-corrected chi connectivity index (χ3v) is 11.9. The molecule has 0 aromatic carbocycles. The van der Waals surface area contributed by atoms with Crippen LogP contribution in [0.5, 0.6) is 0 Å². The zero-order valence-corrected chi connectivity index (χ0v) is 17.1. The van der Waals surface area contributed by atoms with Crippen molar-refractivity contribution in [1.29, 1.82) is 0 Å². The zero-order chi connectivity index (χ0) is 15.7. The maximum Gasteiger partial charge on any atom is 0.187 e. The Morgan fingerprint density at radius 3 is 1.48 bits per heavy atom. The van der Waals surface area contributed by atoms with E-state index in [0.717, 1.165) is 12.1 Å². The standard InChI is InChI=1S/C16H36N2OSi2/c1-15-9-7-11-17(15)13-20(3,4)19-21(5,6)14-18-12-8-10-16(18)2/h15-16H,7-14H2,1-6H3/t15-,16-/m1/s1. The minimum atomic E-state index is -1.58. The molecule has 0 aliphatic carbocycles. The van der Waals surface area contributed by atoms with Crippen LogP contribution >= 0.6 is 0 Å². The molecule has 0 aromatic rings. The normalized spacial score (nSPS) is 29.4. The minimum Gasteiger partial charge on any atom is -0.454 e. The molecule has 2 saturated heterocycles. The zero-order valence-electron chi connectivity index (χ0n) is 15.1. The number of rotatable bonds is 6. The van der Waals surface area contributed by atoms with Crippen molar-refractivity contribution in [3.63, 3.8) is 0 Å². The Morgan fingerprint density at radius 2 is 1.19 bits per heavy atom. The van der Waals surface area contributed by atoms with Crippen molar-refractivity contribution < 1.29 is 4.12 Å². The highest BCUT2D eigenvalue weighted by Gasteiger charge is 2.38. The van der Waals surface area contributed by atoms with Crippen LogP contribution in [0, 0.1) is 0 Å². The lowest BCUT2D eigenvalue weighted by molar-refractivity contribution is 0.282. The largest absolute Gasteiger partial charge is 0.454 e. The Bertz CT molecular complexity index is 317. The van der Waals surface area contributed by atoms with E-state index < -0.39 is 16.6 Å². The van der Waals surface area contributed by atoms with Crippen LogP contribution in [-0.4, -0.2) is 63.9 Å². The maximum absolute atomic E-state index is 6.84. The van der Waals surface area contributed by atoms with Crippen molar-refractivity contribution in [2.75, 3.05) is 25.4 Å². The molecule has 0 spiro atoms. The van der Waals surface area contributed by atoms with Gasteiger partial charge < -0.3 is 13.9 Å². The van der Waals surface area contributed by atoms with Gasteiger partial charge in [0.1, 0.15) is 0 Å². The van der Waals surface area contributed by atoms with Crippen molar-refractivity contribution in [3.05, 3.63) is 0 Å². The highest BCUT2D eigenvalue weighted by atomic mass is 28.4. The molecule has 0 bridgehead atoms. The van der Waals surface area contributed by atoms with E-state index in [1.807, 2.05) is 0 Å². The van der Waals surface area contributed by atoms with E-state index in [9.17, 15) is 0 Å². The van der Waals surface area contributed by atoms with Crippen LogP contribution in [0.3, 0.4) is 0 Å². The molecule has 0 saturated carbocycles. The third kappa shape index (κ3) is 5.17. The lowest BCUT2D eigenvalue weighted by Gasteiger charge is -2.39. The lowest BCUT2D eigenvalue weighted by atomic mass is 10.2. The van der Waals surface area contributed by atoms with Crippen LogP contribution in [0.1, 0.15) is 39.5 Å². The van der Waals surface area contributed by atoms with Crippen LogP contribution in [0.4, 0.5) is 0 Å². The summed E-state index contributed by atoms with van der Waals surface area (Å²) < 4.78 is 6.84. The summed E-state index contributed by atoms with van der Waals surface area (Å²) in [5.41, 5.74) is 0. The first-order chi connectivity index (χ1) is 9.69. The maximum atomic E-state index is 6.84. The summed E-state index contributed by atoms with van der Waals surface area (Å²) in [5, 5.41) is 0. The van der Waals surface area contributed by atoms with Gasteiger partial charge in [-0.15, -0.1) is 0 Å². The molecular weight excluding hydrogens is 292 g/mol. The van der Waals surface area contributed by atoms with Crippen LogP contribution in [0.25, 0.3) is 0 Å². The van der Waals surface area contributed by atoms with E-state index in [1.54, 1.807) is 0 Å². The smallest absolute Gasteiger partial charge is 0.187 e. The lowest BCUT2D eigenvalue weighted by Crippen LogP contribution is -2.56. The summed E-state index contributed by atoms with van der Waals surface area (Å²) in [6.07, 6.45) is 7.93. The fraction of sp³-hybridized carbons (Fsp3) is 1.00. The van der Waals surface area contributed by atoms with Gasteiger partial charge in [-0.2, -0.15) is 0 Å². The summed E-state index contributed by atoms with van der Waals surface area (Å²) in [5.74, 6) is 0. The predicted molar refractivity (Wildman–Crippen MR) is 96.6 cm³/mol. The second kappa shape index (κ2) is 6.83. The average Bonchev–Trinajstić information content (AvgIpc) is 2.87. The molecule has 5 heteroatoms. The molecule has 2 atom stereocenters. The number of likely N-dealkylation sites (tertiary alicyclic amines) is 2. The molecule has 3 nitrogen and oxygen atoms in total. The van der Waals surface area contributed by atoms with E-state index in [-0.39, 0.29) is 0 Å². The molecule has 21 heavy (non-hydrogen) atoms. The Hall–Kier alpha value is 0.314. The van der Waals surface area contributed by atoms with Crippen molar-refractivity contribution in [1.82, 2.24) is 9.80 Å². The van der Waals surface area contributed by atoms with E-state index in [1.165, 1.54) is 51.1 Å². The molecular formula is C16H36N2OSi2. The van der Waals surface area contributed by atoms with Crippen molar-refractivity contribution in [2.24, 2.45) is 0 Å². The first kappa shape index (κ1) is 17.7. The van der Waals surface area contributed by atoms with Gasteiger partial charge in [-0.1, -0.05) is 0 Å². The quantitative estimate of drug-likeness (QED) is 0.695. The van der Waals surface area contributed by atoms with Gasteiger partial charge in [0.15, 0.2) is 16.6 Å². The monoisotopic (exact) mass is 328 g/mol. The Labute approximate surface area is 134 Å². The first-order valence-corrected chi connectivity index (χ1v) is 15.1. The first-order valence-electron chi connectivity index (χ1n) is 8.87. The fourth-order valence-corrected chi connectivity index (χ4v) is 13.6. The molecule has 2 aliphatic rings. The van der Waals surface area contributed by atoms with E-state index in [2.05, 4.69) is 49.8 Å². The van der Waals surface area contributed by atoms with Gasteiger partial charge in [0.2, 0.25) is 0 Å². The number of hydrogen-bond acceptors (Lipinski definition) is 3. The summed E-state index contributed by atoms with van der Waals surface area (Å²) in [6, 6.07) is 1.53. The molecule has 0 radical (unpaired) electrons. The molecule has 2 fully saturated rings.